The van der Waals surface area contributed by atoms with E-state index in [1.165, 1.54) is 11.1 Å². The van der Waals surface area contributed by atoms with Crippen molar-refractivity contribution >= 4 is 6.21 Å². The highest BCUT2D eigenvalue weighted by Crippen LogP contribution is 2.04. The van der Waals surface area contributed by atoms with Crippen LogP contribution in [-0.2, 0) is 6.54 Å². The van der Waals surface area contributed by atoms with Crippen molar-refractivity contribution in [3.63, 3.8) is 0 Å². The molecule has 0 N–H and O–H groups in total. The predicted molar refractivity (Wildman–Crippen MR) is 66.7 cm³/mol. The van der Waals surface area contributed by atoms with Gasteiger partial charge in [-0.25, -0.2) is 0 Å². The maximum Gasteiger partial charge on any atom is 0.0654 e. The van der Waals surface area contributed by atoms with Crippen LogP contribution in [0.1, 0.15) is 16.7 Å². The number of aliphatic imine (C=N–C) groups is 1. The van der Waals surface area contributed by atoms with Gasteiger partial charge in [0.1, 0.15) is 0 Å². The Morgan fingerprint density at radius 2 is 2.06 bits per heavy atom. The van der Waals surface area contributed by atoms with Crippen LogP contribution in [0.15, 0.2) is 53.8 Å². The van der Waals surface area contributed by atoms with E-state index < -0.39 is 0 Å². The summed E-state index contributed by atoms with van der Waals surface area (Å²) in [6, 6.07) is 12.2. The normalized spacial score (nSPS) is 10.8. The van der Waals surface area contributed by atoms with Crippen molar-refractivity contribution in [3.05, 3.63) is 65.5 Å². The Hall–Kier alpha value is -1.96. The van der Waals surface area contributed by atoms with Crippen molar-refractivity contribution in [2.45, 2.75) is 13.5 Å². The molecule has 1 aromatic carbocycles. The van der Waals surface area contributed by atoms with Crippen LogP contribution in [0.25, 0.3) is 0 Å². The zero-order chi connectivity index (χ0) is 11.2. The number of aryl methyl sites for hydroxylation is 1. The lowest BCUT2D eigenvalue weighted by atomic mass is 10.1. The van der Waals surface area contributed by atoms with E-state index in [1.807, 2.05) is 36.7 Å². The average Bonchev–Trinajstić information content (AvgIpc) is 2.33. The van der Waals surface area contributed by atoms with Gasteiger partial charge in [-0.1, -0.05) is 30.3 Å². The summed E-state index contributed by atoms with van der Waals surface area (Å²) in [7, 11) is 0. The van der Waals surface area contributed by atoms with Gasteiger partial charge in [-0.2, -0.15) is 0 Å². The number of nitrogens with zero attached hydrogens (tertiary/aromatic N) is 2. The van der Waals surface area contributed by atoms with Crippen LogP contribution in [0.2, 0.25) is 0 Å². The molecule has 0 fully saturated rings. The minimum absolute atomic E-state index is 0.683. The van der Waals surface area contributed by atoms with E-state index in [4.69, 9.17) is 0 Å². The molecule has 0 radical (unpaired) electrons. The van der Waals surface area contributed by atoms with Gasteiger partial charge in [0.25, 0.3) is 0 Å². The standard InChI is InChI=1S/C14H14N2/c1-12-5-2-3-7-14(12)11-16-10-13-6-4-8-15-9-13/h2-9,11H,10H2,1H3. The Morgan fingerprint density at radius 1 is 1.19 bits per heavy atom. The fourth-order valence-electron chi connectivity index (χ4n) is 1.47. The molecule has 16 heavy (non-hydrogen) atoms. The molecule has 0 atom stereocenters. The summed E-state index contributed by atoms with van der Waals surface area (Å²) in [5.41, 5.74) is 3.55. The summed E-state index contributed by atoms with van der Waals surface area (Å²) in [6.45, 7) is 2.77. The lowest BCUT2D eigenvalue weighted by molar-refractivity contribution is 1.05. The fraction of sp³-hybridized carbons (Fsp3) is 0.143. The Morgan fingerprint density at radius 3 is 2.81 bits per heavy atom. The molecule has 0 bridgehead atoms. The molecule has 2 heteroatoms. The number of hydrogen-bond acceptors (Lipinski definition) is 2. The molecule has 2 nitrogen and oxygen atoms in total. The third-order valence-corrected chi connectivity index (χ3v) is 2.42. The molecule has 2 aromatic rings. The Kier molecular flexibility index (Phi) is 3.44. The van der Waals surface area contributed by atoms with Crippen molar-refractivity contribution in [1.29, 1.82) is 0 Å². The highest BCUT2D eigenvalue weighted by molar-refractivity contribution is 5.81. The first-order valence-corrected chi connectivity index (χ1v) is 5.30. The summed E-state index contributed by atoms with van der Waals surface area (Å²) in [5.74, 6) is 0. The topological polar surface area (TPSA) is 25.2 Å². The summed E-state index contributed by atoms with van der Waals surface area (Å²) in [6.07, 6.45) is 5.53. The third-order valence-electron chi connectivity index (χ3n) is 2.42. The van der Waals surface area contributed by atoms with Crippen LogP contribution in [0, 0.1) is 6.92 Å². The molecule has 80 valence electrons. The van der Waals surface area contributed by atoms with E-state index in [9.17, 15) is 0 Å². The molecule has 0 amide bonds. The quantitative estimate of drug-likeness (QED) is 0.715. The lowest BCUT2D eigenvalue weighted by Gasteiger charge is -1.98. The van der Waals surface area contributed by atoms with Gasteiger partial charge >= 0.3 is 0 Å². The van der Waals surface area contributed by atoms with Gasteiger partial charge in [0.15, 0.2) is 0 Å². The van der Waals surface area contributed by atoms with Gasteiger partial charge in [0.05, 0.1) is 6.54 Å². The molecule has 0 aliphatic heterocycles. The molecule has 0 spiro atoms. The first kappa shape index (κ1) is 10.6. The van der Waals surface area contributed by atoms with Gasteiger partial charge in [-0.3, -0.25) is 9.98 Å². The summed E-state index contributed by atoms with van der Waals surface area (Å²) in [4.78, 5) is 8.46. The molecular formula is C14H14N2. The van der Waals surface area contributed by atoms with Crippen LogP contribution in [0.3, 0.4) is 0 Å². The number of hydrogen-bond donors (Lipinski definition) is 0. The van der Waals surface area contributed by atoms with Gasteiger partial charge < -0.3 is 0 Å². The third kappa shape index (κ3) is 2.76. The zero-order valence-electron chi connectivity index (χ0n) is 9.30. The van der Waals surface area contributed by atoms with Crippen molar-refractivity contribution in [3.8, 4) is 0 Å². The van der Waals surface area contributed by atoms with E-state index in [0.717, 1.165) is 5.56 Å². The van der Waals surface area contributed by atoms with Gasteiger partial charge in [-0.15, -0.1) is 0 Å². The molecule has 2 rings (SSSR count). The number of aromatic nitrogens is 1. The van der Waals surface area contributed by atoms with Crippen LogP contribution < -0.4 is 0 Å². The SMILES string of the molecule is Cc1ccccc1C=NCc1cccnc1. The zero-order valence-corrected chi connectivity index (χ0v) is 9.30. The van der Waals surface area contributed by atoms with Crippen molar-refractivity contribution in [1.82, 2.24) is 4.98 Å². The fourth-order valence-corrected chi connectivity index (χ4v) is 1.47. The molecule has 0 aliphatic rings. The lowest BCUT2D eigenvalue weighted by Crippen LogP contribution is -1.88. The number of benzene rings is 1. The second-order valence-electron chi connectivity index (χ2n) is 3.69. The number of pyridine rings is 1. The Bertz CT molecular complexity index is 475. The van der Waals surface area contributed by atoms with E-state index in [2.05, 4.69) is 29.0 Å². The first-order chi connectivity index (χ1) is 7.86. The van der Waals surface area contributed by atoms with E-state index in [-0.39, 0.29) is 0 Å². The van der Waals surface area contributed by atoms with Crippen molar-refractivity contribution in [2.75, 3.05) is 0 Å². The smallest absolute Gasteiger partial charge is 0.0654 e. The largest absolute Gasteiger partial charge is 0.288 e. The van der Waals surface area contributed by atoms with Gasteiger partial charge in [-0.05, 0) is 29.7 Å². The Labute approximate surface area is 95.7 Å². The first-order valence-electron chi connectivity index (χ1n) is 5.30. The van der Waals surface area contributed by atoms with Gasteiger partial charge in [0, 0.05) is 18.6 Å². The molecule has 0 saturated heterocycles. The summed E-state index contributed by atoms with van der Waals surface area (Å²) in [5, 5.41) is 0. The van der Waals surface area contributed by atoms with E-state index in [0.29, 0.717) is 6.54 Å². The van der Waals surface area contributed by atoms with Crippen LogP contribution >= 0.6 is 0 Å². The molecule has 0 saturated carbocycles. The molecular weight excluding hydrogens is 196 g/mol. The van der Waals surface area contributed by atoms with Crippen LogP contribution in [0.5, 0.6) is 0 Å². The highest BCUT2D eigenvalue weighted by atomic mass is 14.7. The van der Waals surface area contributed by atoms with Gasteiger partial charge in [0.2, 0.25) is 0 Å². The van der Waals surface area contributed by atoms with Crippen molar-refractivity contribution in [2.24, 2.45) is 4.99 Å². The highest BCUT2D eigenvalue weighted by Gasteiger charge is 1.92. The minimum Gasteiger partial charge on any atom is -0.288 e. The predicted octanol–water partition coefficient (Wildman–Crippen LogP) is 3.01. The maximum absolute atomic E-state index is 4.41. The van der Waals surface area contributed by atoms with E-state index >= 15 is 0 Å². The van der Waals surface area contributed by atoms with Crippen LogP contribution in [-0.4, -0.2) is 11.2 Å². The van der Waals surface area contributed by atoms with E-state index in [1.54, 1.807) is 6.20 Å². The number of rotatable bonds is 3. The summed E-state index contributed by atoms with van der Waals surface area (Å²) < 4.78 is 0. The van der Waals surface area contributed by atoms with Crippen LogP contribution in [0.4, 0.5) is 0 Å². The minimum atomic E-state index is 0.683. The molecule has 1 aromatic heterocycles. The Balaban J connectivity index is 2.03. The summed E-state index contributed by atoms with van der Waals surface area (Å²) >= 11 is 0. The molecule has 1 heterocycles. The maximum atomic E-state index is 4.41. The van der Waals surface area contributed by atoms with Crippen molar-refractivity contribution < 1.29 is 0 Å². The second kappa shape index (κ2) is 5.21. The second-order valence-corrected chi connectivity index (χ2v) is 3.69. The monoisotopic (exact) mass is 210 g/mol. The molecule has 0 aliphatic carbocycles. The molecule has 0 unspecified atom stereocenters. The average molecular weight is 210 g/mol.